The fourth-order valence-electron chi connectivity index (χ4n) is 1.81. The van der Waals surface area contributed by atoms with Gasteiger partial charge in [0.25, 0.3) is 0 Å². The van der Waals surface area contributed by atoms with Gasteiger partial charge in [0.05, 0.1) is 11.0 Å². The smallest absolute Gasteiger partial charge is 0.189 e. The van der Waals surface area contributed by atoms with Gasteiger partial charge in [-0.15, -0.1) is 0 Å². The van der Waals surface area contributed by atoms with E-state index in [1.165, 1.54) is 5.56 Å². The third kappa shape index (κ3) is 1.29. The highest BCUT2D eigenvalue weighted by molar-refractivity contribution is 5.78. The molecule has 1 N–H and O–H groups in total. The molecule has 1 aromatic heterocycles. The van der Waals surface area contributed by atoms with E-state index in [9.17, 15) is 0 Å². The maximum Gasteiger partial charge on any atom is 0.189 e. The Balaban J connectivity index is 2.10. The zero-order valence-electron chi connectivity index (χ0n) is 8.40. The molecule has 0 saturated heterocycles. The molecule has 0 fully saturated rings. The van der Waals surface area contributed by atoms with E-state index in [4.69, 9.17) is 4.84 Å². The van der Waals surface area contributed by atoms with Crippen molar-refractivity contribution in [3.05, 3.63) is 29.6 Å². The van der Waals surface area contributed by atoms with E-state index < -0.39 is 0 Å². The predicted octanol–water partition coefficient (Wildman–Crippen LogP) is 2.32. The van der Waals surface area contributed by atoms with Crippen molar-refractivity contribution in [2.24, 2.45) is 5.16 Å². The minimum absolute atomic E-state index is 0.0446. The summed E-state index contributed by atoms with van der Waals surface area (Å²) in [6, 6.07) is 6.10. The highest BCUT2D eigenvalue weighted by atomic mass is 16.6. The molecule has 1 unspecified atom stereocenters. The van der Waals surface area contributed by atoms with Crippen molar-refractivity contribution >= 4 is 17.2 Å². The van der Waals surface area contributed by atoms with Crippen LogP contribution in [0.25, 0.3) is 11.0 Å². The van der Waals surface area contributed by atoms with Gasteiger partial charge in [-0.3, -0.25) is 0 Å². The van der Waals surface area contributed by atoms with E-state index in [0.717, 1.165) is 23.3 Å². The molecule has 1 aromatic carbocycles. The van der Waals surface area contributed by atoms with Crippen LogP contribution in [0.3, 0.4) is 0 Å². The van der Waals surface area contributed by atoms with E-state index in [1.54, 1.807) is 6.21 Å². The molecule has 4 heteroatoms. The van der Waals surface area contributed by atoms with Crippen LogP contribution in [0.2, 0.25) is 0 Å². The second-order valence-corrected chi connectivity index (χ2v) is 3.71. The van der Waals surface area contributed by atoms with Crippen molar-refractivity contribution in [2.75, 3.05) is 0 Å². The standard InChI is InChI=1S/C11H11N3O/c1-7-3-2-4-8-10(7)14-11(13-8)9-5-6-12-15-9/h2-4,6,9H,5H2,1H3,(H,13,14). The van der Waals surface area contributed by atoms with Gasteiger partial charge in [-0.05, 0) is 18.6 Å². The number of hydrogen-bond acceptors (Lipinski definition) is 3. The summed E-state index contributed by atoms with van der Waals surface area (Å²) in [5, 5.41) is 3.75. The molecule has 0 radical (unpaired) electrons. The van der Waals surface area contributed by atoms with Crippen LogP contribution in [0.1, 0.15) is 23.9 Å². The van der Waals surface area contributed by atoms with E-state index in [-0.39, 0.29) is 6.10 Å². The minimum atomic E-state index is -0.0446. The Hall–Kier alpha value is -1.84. The fourth-order valence-corrected chi connectivity index (χ4v) is 1.81. The van der Waals surface area contributed by atoms with Gasteiger partial charge < -0.3 is 9.82 Å². The Morgan fingerprint density at radius 1 is 1.47 bits per heavy atom. The number of nitrogens with one attached hydrogen (secondary N) is 1. The lowest BCUT2D eigenvalue weighted by Gasteiger charge is -2.02. The number of aromatic nitrogens is 2. The summed E-state index contributed by atoms with van der Waals surface area (Å²) in [6.45, 7) is 2.05. The number of rotatable bonds is 1. The molecule has 2 aromatic rings. The molecule has 0 amide bonds. The average molecular weight is 201 g/mol. The molecule has 3 rings (SSSR count). The summed E-state index contributed by atoms with van der Waals surface area (Å²) >= 11 is 0. The summed E-state index contributed by atoms with van der Waals surface area (Å²) in [5.41, 5.74) is 3.25. The van der Waals surface area contributed by atoms with Crippen LogP contribution in [-0.2, 0) is 4.84 Å². The highest BCUT2D eigenvalue weighted by Gasteiger charge is 2.20. The topological polar surface area (TPSA) is 50.3 Å². The molecular weight excluding hydrogens is 190 g/mol. The van der Waals surface area contributed by atoms with E-state index >= 15 is 0 Å². The molecule has 4 nitrogen and oxygen atoms in total. The maximum atomic E-state index is 5.18. The van der Waals surface area contributed by atoms with E-state index in [0.29, 0.717) is 0 Å². The Kier molecular flexibility index (Phi) is 1.74. The first-order chi connectivity index (χ1) is 7.34. The van der Waals surface area contributed by atoms with Crippen LogP contribution in [0.5, 0.6) is 0 Å². The number of aromatic amines is 1. The zero-order valence-corrected chi connectivity index (χ0v) is 8.40. The van der Waals surface area contributed by atoms with Crippen LogP contribution in [-0.4, -0.2) is 16.2 Å². The number of H-pyrrole nitrogens is 1. The van der Waals surface area contributed by atoms with Crippen LogP contribution >= 0.6 is 0 Å². The van der Waals surface area contributed by atoms with Gasteiger partial charge in [-0.25, -0.2) is 4.98 Å². The number of nitrogens with zero attached hydrogens (tertiary/aromatic N) is 2. The number of benzene rings is 1. The molecule has 0 bridgehead atoms. The Bertz CT molecular complexity index is 522. The third-order valence-electron chi connectivity index (χ3n) is 2.62. The van der Waals surface area contributed by atoms with Gasteiger partial charge >= 0.3 is 0 Å². The molecule has 0 spiro atoms. The number of aryl methyl sites for hydroxylation is 1. The number of para-hydroxylation sites is 1. The molecule has 15 heavy (non-hydrogen) atoms. The van der Waals surface area contributed by atoms with Crippen molar-refractivity contribution in [2.45, 2.75) is 19.4 Å². The van der Waals surface area contributed by atoms with Crippen LogP contribution in [0.4, 0.5) is 0 Å². The number of fused-ring (bicyclic) bond motifs is 1. The van der Waals surface area contributed by atoms with Gasteiger partial charge in [-0.2, -0.15) is 0 Å². The first-order valence-corrected chi connectivity index (χ1v) is 4.97. The number of imidazole rings is 1. The molecule has 1 atom stereocenters. The van der Waals surface area contributed by atoms with E-state index in [2.05, 4.69) is 28.1 Å². The molecule has 0 aliphatic carbocycles. The van der Waals surface area contributed by atoms with Crippen molar-refractivity contribution in [3.63, 3.8) is 0 Å². The van der Waals surface area contributed by atoms with Gasteiger partial charge in [0.2, 0.25) is 0 Å². The molecule has 1 aliphatic heterocycles. The van der Waals surface area contributed by atoms with Crippen LogP contribution < -0.4 is 0 Å². The molecule has 2 heterocycles. The molecule has 0 saturated carbocycles. The lowest BCUT2D eigenvalue weighted by atomic mass is 10.2. The Morgan fingerprint density at radius 2 is 2.40 bits per heavy atom. The first-order valence-electron chi connectivity index (χ1n) is 4.97. The Morgan fingerprint density at radius 3 is 3.13 bits per heavy atom. The second kappa shape index (κ2) is 3.08. The fraction of sp³-hybridized carbons (Fsp3) is 0.273. The number of hydrogen-bond donors (Lipinski definition) is 1. The first kappa shape index (κ1) is 8.47. The highest BCUT2D eigenvalue weighted by Crippen LogP contribution is 2.25. The molecule has 1 aliphatic rings. The van der Waals surface area contributed by atoms with Gasteiger partial charge in [0, 0.05) is 12.6 Å². The monoisotopic (exact) mass is 201 g/mol. The van der Waals surface area contributed by atoms with Crippen LogP contribution in [0, 0.1) is 6.92 Å². The average Bonchev–Trinajstić information content (AvgIpc) is 2.86. The predicted molar refractivity (Wildman–Crippen MR) is 57.8 cm³/mol. The summed E-state index contributed by atoms with van der Waals surface area (Å²) in [5.74, 6) is 0.858. The zero-order chi connectivity index (χ0) is 10.3. The van der Waals surface area contributed by atoms with Crippen molar-refractivity contribution in [1.29, 1.82) is 0 Å². The van der Waals surface area contributed by atoms with Gasteiger partial charge in [0.1, 0.15) is 0 Å². The second-order valence-electron chi connectivity index (χ2n) is 3.71. The minimum Gasteiger partial charge on any atom is -0.384 e. The van der Waals surface area contributed by atoms with Crippen molar-refractivity contribution < 1.29 is 4.84 Å². The molecular formula is C11H11N3O. The third-order valence-corrected chi connectivity index (χ3v) is 2.62. The van der Waals surface area contributed by atoms with Crippen molar-refractivity contribution in [1.82, 2.24) is 9.97 Å². The van der Waals surface area contributed by atoms with Crippen LogP contribution in [0.15, 0.2) is 23.4 Å². The lowest BCUT2D eigenvalue weighted by Crippen LogP contribution is -1.97. The normalized spacial score (nSPS) is 19.7. The summed E-state index contributed by atoms with van der Waals surface area (Å²) < 4.78 is 0. The summed E-state index contributed by atoms with van der Waals surface area (Å²) in [7, 11) is 0. The largest absolute Gasteiger partial charge is 0.384 e. The summed E-state index contributed by atoms with van der Waals surface area (Å²) in [6.07, 6.45) is 2.51. The maximum absolute atomic E-state index is 5.18. The Labute approximate surface area is 87.0 Å². The SMILES string of the molecule is Cc1cccc2[nH]c(C3CC=NO3)nc12. The van der Waals surface area contributed by atoms with Gasteiger partial charge in [-0.1, -0.05) is 17.3 Å². The number of oxime groups is 1. The quantitative estimate of drug-likeness (QED) is 0.769. The molecule has 76 valence electrons. The van der Waals surface area contributed by atoms with Crippen molar-refractivity contribution in [3.8, 4) is 0 Å². The van der Waals surface area contributed by atoms with E-state index in [1.807, 2.05) is 12.1 Å². The summed E-state index contributed by atoms with van der Waals surface area (Å²) in [4.78, 5) is 13.0. The lowest BCUT2D eigenvalue weighted by molar-refractivity contribution is 0.0800. The van der Waals surface area contributed by atoms with Gasteiger partial charge in [0.15, 0.2) is 11.9 Å².